The van der Waals surface area contributed by atoms with Crippen LogP contribution in [0.1, 0.15) is 36.7 Å². The van der Waals surface area contributed by atoms with Crippen LogP contribution in [0, 0.1) is 24.4 Å². The number of benzene rings is 2. The maximum atomic E-state index is 14.8. The van der Waals surface area contributed by atoms with Gasteiger partial charge in [-0.05, 0) is 44.0 Å². The Bertz CT molecular complexity index is 1240. The minimum atomic E-state index is -1.89. The standard InChI is InChI=1S/C22H22F3N5O/c1-4-20-16-7-13(2)8-19(25)21(16)28-30(20)14(3)22(31,10-29-12-26-11-27-29)17-6-5-15(23)9-18(17)24/h5-9,11-12,14,31H,4,10H2,1-3H3/t14-,22-/m1/s1. The molecule has 2 aromatic heterocycles. The zero-order valence-corrected chi connectivity index (χ0v) is 17.4. The predicted octanol–water partition coefficient (Wildman–Crippen LogP) is 4.06. The highest BCUT2D eigenvalue weighted by atomic mass is 19.1. The van der Waals surface area contributed by atoms with Gasteiger partial charge in [-0.1, -0.05) is 13.0 Å². The minimum Gasteiger partial charge on any atom is -0.381 e. The molecule has 1 N–H and O–H groups in total. The van der Waals surface area contributed by atoms with E-state index in [4.69, 9.17) is 0 Å². The van der Waals surface area contributed by atoms with Crippen LogP contribution in [-0.4, -0.2) is 29.7 Å². The van der Waals surface area contributed by atoms with Gasteiger partial charge in [0, 0.05) is 22.7 Å². The molecular weight excluding hydrogens is 407 g/mol. The highest BCUT2D eigenvalue weighted by Gasteiger charge is 2.41. The summed E-state index contributed by atoms with van der Waals surface area (Å²) in [6.07, 6.45) is 3.20. The highest BCUT2D eigenvalue weighted by molar-refractivity contribution is 5.83. The molecule has 0 fully saturated rings. The normalized spacial score (nSPS) is 14.7. The Morgan fingerprint density at radius 3 is 2.55 bits per heavy atom. The van der Waals surface area contributed by atoms with Crippen LogP contribution in [0.15, 0.2) is 43.0 Å². The first-order chi connectivity index (χ1) is 14.7. The number of aromatic nitrogens is 5. The molecule has 9 heteroatoms. The van der Waals surface area contributed by atoms with Gasteiger partial charge in [0.05, 0.1) is 12.6 Å². The maximum absolute atomic E-state index is 14.8. The summed E-state index contributed by atoms with van der Waals surface area (Å²) in [5.74, 6) is -2.12. The molecule has 0 aliphatic rings. The average Bonchev–Trinajstić information content (AvgIpc) is 3.34. The van der Waals surface area contributed by atoms with E-state index in [2.05, 4.69) is 15.2 Å². The molecule has 2 aromatic carbocycles. The fourth-order valence-electron chi connectivity index (χ4n) is 4.07. The van der Waals surface area contributed by atoms with Gasteiger partial charge in [-0.25, -0.2) is 22.8 Å². The van der Waals surface area contributed by atoms with Gasteiger partial charge in [0.15, 0.2) is 5.82 Å². The van der Waals surface area contributed by atoms with Gasteiger partial charge in [0.25, 0.3) is 0 Å². The van der Waals surface area contributed by atoms with Crippen molar-refractivity contribution in [2.75, 3.05) is 0 Å². The van der Waals surface area contributed by atoms with E-state index in [1.807, 2.05) is 13.0 Å². The predicted molar refractivity (Wildman–Crippen MR) is 109 cm³/mol. The monoisotopic (exact) mass is 429 g/mol. The van der Waals surface area contributed by atoms with Gasteiger partial charge in [-0.15, -0.1) is 0 Å². The van der Waals surface area contributed by atoms with Crippen LogP contribution in [0.2, 0.25) is 0 Å². The summed E-state index contributed by atoms with van der Waals surface area (Å²) in [5, 5.41) is 20.9. The lowest BCUT2D eigenvalue weighted by Crippen LogP contribution is -2.41. The number of rotatable bonds is 6. The molecule has 162 valence electrons. The van der Waals surface area contributed by atoms with E-state index in [9.17, 15) is 18.3 Å². The Labute approximate surface area is 177 Å². The second kappa shape index (κ2) is 7.81. The Kier molecular flexibility index (Phi) is 5.30. The van der Waals surface area contributed by atoms with Crippen molar-refractivity contribution in [3.05, 3.63) is 77.3 Å². The molecule has 0 aliphatic carbocycles. The summed E-state index contributed by atoms with van der Waals surface area (Å²) < 4.78 is 45.9. The molecule has 0 radical (unpaired) electrons. The van der Waals surface area contributed by atoms with Crippen LogP contribution in [0.5, 0.6) is 0 Å². The zero-order chi connectivity index (χ0) is 22.3. The lowest BCUT2D eigenvalue weighted by atomic mass is 9.86. The van der Waals surface area contributed by atoms with E-state index in [1.54, 1.807) is 13.8 Å². The van der Waals surface area contributed by atoms with Crippen molar-refractivity contribution in [1.82, 2.24) is 24.5 Å². The molecule has 0 spiro atoms. The van der Waals surface area contributed by atoms with Gasteiger partial charge in [-0.2, -0.15) is 10.2 Å². The van der Waals surface area contributed by atoms with Gasteiger partial charge < -0.3 is 5.11 Å². The summed E-state index contributed by atoms with van der Waals surface area (Å²) in [7, 11) is 0. The van der Waals surface area contributed by atoms with E-state index in [1.165, 1.54) is 34.2 Å². The number of hydrogen-bond acceptors (Lipinski definition) is 4. The first kappa shape index (κ1) is 21.0. The smallest absolute Gasteiger partial charge is 0.151 e. The van der Waals surface area contributed by atoms with Crippen molar-refractivity contribution >= 4 is 10.9 Å². The van der Waals surface area contributed by atoms with E-state index < -0.39 is 29.1 Å². The number of aryl methyl sites for hydroxylation is 2. The van der Waals surface area contributed by atoms with Crippen LogP contribution in [0.4, 0.5) is 13.2 Å². The van der Waals surface area contributed by atoms with Gasteiger partial charge >= 0.3 is 0 Å². The molecule has 0 unspecified atom stereocenters. The molecule has 0 amide bonds. The van der Waals surface area contributed by atoms with Gasteiger partial charge in [0.1, 0.15) is 35.4 Å². The number of halogens is 3. The van der Waals surface area contributed by atoms with Crippen LogP contribution in [0.3, 0.4) is 0 Å². The molecule has 0 aliphatic heterocycles. The summed E-state index contributed by atoms with van der Waals surface area (Å²) in [6, 6.07) is 5.39. The first-order valence-electron chi connectivity index (χ1n) is 9.92. The maximum Gasteiger partial charge on any atom is 0.151 e. The number of hydrogen-bond donors (Lipinski definition) is 1. The fraction of sp³-hybridized carbons (Fsp3) is 0.318. The Balaban J connectivity index is 1.92. The molecular formula is C22H22F3N5O. The van der Waals surface area contributed by atoms with Crippen LogP contribution in [-0.2, 0) is 18.6 Å². The Morgan fingerprint density at radius 1 is 1.13 bits per heavy atom. The Morgan fingerprint density at radius 2 is 1.90 bits per heavy atom. The van der Waals surface area contributed by atoms with Crippen molar-refractivity contribution < 1.29 is 18.3 Å². The lowest BCUT2D eigenvalue weighted by Gasteiger charge is -2.35. The number of fused-ring (bicyclic) bond motifs is 1. The second-order valence-corrected chi connectivity index (χ2v) is 7.71. The first-order valence-corrected chi connectivity index (χ1v) is 9.92. The molecule has 0 saturated carbocycles. The average molecular weight is 429 g/mol. The summed E-state index contributed by atoms with van der Waals surface area (Å²) in [6.45, 7) is 5.18. The lowest BCUT2D eigenvalue weighted by molar-refractivity contribution is -0.0374. The highest BCUT2D eigenvalue weighted by Crippen LogP contribution is 2.38. The third-order valence-corrected chi connectivity index (χ3v) is 5.66. The zero-order valence-electron chi connectivity index (χ0n) is 17.4. The third-order valence-electron chi connectivity index (χ3n) is 5.66. The van der Waals surface area contributed by atoms with E-state index >= 15 is 0 Å². The van der Waals surface area contributed by atoms with Gasteiger partial charge in [0.2, 0.25) is 0 Å². The van der Waals surface area contributed by atoms with E-state index in [-0.39, 0.29) is 17.6 Å². The van der Waals surface area contributed by atoms with Gasteiger partial charge in [-0.3, -0.25) is 4.68 Å². The molecule has 6 nitrogen and oxygen atoms in total. The number of nitrogens with zero attached hydrogens (tertiary/aromatic N) is 5. The quantitative estimate of drug-likeness (QED) is 0.502. The van der Waals surface area contributed by atoms with E-state index in [0.29, 0.717) is 17.5 Å². The van der Waals surface area contributed by atoms with Crippen LogP contribution in [0.25, 0.3) is 10.9 Å². The van der Waals surface area contributed by atoms with Crippen molar-refractivity contribution in [3.63, 3.8) is 0 Å². The summed E-state index contributed by atoms with van der Waals surface area (Å²) in [5.41, 5.74) is -0.380. The molecule has 2 heterocycles. The SMILES string of the molecule is CCc1c2cc(C)cc(F)c2nn1[C@H](C)[C@](O)(Cn1cncn1)c1ccc(F)cc1F. The molecule has 0 saturated heterocycles. The summed E-state index contributed by atoms with van der Waals surface area (Å²) >= 11 is 0. The van der Waals surface area contributed by atoms with Crippen LogP contribution >= 0.6 is 0 Å². The van der Waals surface area contributed by atoms with E-state index in [0.717, 1.165) is 17.7 Å². The minimum absolute atomic E-state index is 0.116. The van der Waals surface area contributed by atoms with Crippen LogP contribution < -0.4 is 0 Å². The number of aliphatic hydroxyl groups is 1. The molecule has 4 aromatic rings. The van der Waals surface area contributed by atoms with Crippen molar-refractivity contribution in [2.45, 2.75) is 45.4 Å². The summed E-state index contributed by atoms with van der Waals surface area (Å²) in [4.78, 5) is 3.87. The fourth-order valence-corrected chi connectivity index (χ4v) is 4.07. The molecule has 31 heavy (non-hydrogen) atoms. The van der Waals surface area contributed by atoms with Crippen molar-refractivity contribution in [1.29, 1.82) is 0 Å². The topological polar surface area (TPSA) is 68.8 Å². The molecule has 4 rings (SSSR count). The second-order valence-electron chi connectivity index (χ2n) is 7.71. The Hall–Kier alpha value is -3.20. The molecule has 0 bridgehead atoms. The van der Waals surface area contributed by atoms with Crippen molar-refractivity contribution in [2.24, 2.45) is 0 Å². The third kappa shape index (κ3) is 3.59. The van der Waals surface area contributed by atoms with Crippen molar-refractivity contribution in [3.8, 4) is 0 Å². The largest absolute Gasteiger partial charge is 0.381 e. The molecule has 2 atom stereocenters.